The molecule has 1 unspecified atom stereocenters. The first-order valence-corrected chi connectivity index (χ1v) is 10.1. The van der Waals surface area contributed by atoms with Crippen molar-refractivity contribution in [3.8, 4) is 0 Å². The summed E-state index contributed by atoms with van der Waals surface area (Å²) in [6.45, 7) is 2.63. The number of carboxylic acid groups (broad SMARTS) is 2. The number of carboxylic acids is 2. The van der Waals surface area contributed by atoms with Gasteiger partial charge in [-0.05, 0) is 6.42 Å². The van der Waals surface area contributed by atoms with Gasteiger partial charge in [0.2, 0.25) is 0 Å². The van der Waals surface area contributed by atoms with Gasteiger partial charge in [0, 0.05) is 19.0 Å². The van der Waals surface area contributed by atoms with E-state index in [2.05, 4.69) is 6.92 Å². The number of rotatable bonds is 14. The van der Waals surface area contributed by atoms with Crippen LogP contribution in [-0.4, -0.2) is 41.9 Å². The molecule has 2 N–H and O–H groups in total. The normalized spacial score (nSPS) is 11.2. The number of hydrogen-bond donors (Lipinski definition) is 2. The third kappa shape index (κ3) is 26.8. The maximum Gasteiger partial charge on any atom is 1.00 e. The van der Waals surface area contributed by atoms with E-state index in [0.717, 1.165) is 6.42 Å². The molecule has 0 aliphatic heterocycles. The molecule has 0 rings (SSSR count). The molecular formula is C16H30Na2O8S. The zero-order chi connectivity index (χ0) is 19.7. The summed E-state index contributed by atoms with van der Waals surface area (Å²) in [5, 5.41) is 25.8. The molecule has 0 aliphatic carbocycles. The molecule has 0 fully saturated rings. The van der Waals surface area contributed by atoms with Crippen LogP contribution in [0.15, 0.2) is 0 Å². The SMILES string of the molecule is CCCCCCCCCCCCO.O=C([O-])CC(C(=O)[O-])S(=O)(=O)O.[Na+].[Na+]. The van der Waals surface area contributed by atoms with Crippen LogP contribution in [0.25, 0.3) is 0 Å². The summed E-state index contributed by atoms with van der Waals surface area (Å²) in [6.07, 6.45) is 12.0. The second-order valence-electron chi connectivity index (χ2n) is 5.80. The van der Waals surface area contributed by atoms with E-state index in [-0.39, 0.29) is 59.1 Å². The molecule has 0 saturated heterocycles. The second-order valence-corrected chi connectivity index (χ2v) is 7.40. The number of carbonyl (C=O) groups excluding carboxylic acids is 2. The van der Waals surface area contributed by atoms with E-state index < -0.39 is 33.7 Å². The summed E-state index contributed by atoms with van der Waals surface area (Å²) >= 11 is 0. The zero-order valence-corrected chi connectivity index (χ0v) is 21.6. The Morgan fingerprint density at radius 3 is 1.44 bits per heavy atom. The predicted molar refractivity (Wildman–Crippen MR) is 88.9 cm³/mol. The Kier molecular flexibility index (Phi) is 30.2. The van der Waals surface area contributed by atoms with Gasteiger partial charge in [-0.2, -0.15) is 8.42 Å². The topological polar surface area (TPSA) is 155 Å². The summed E-state index contributed by atoms with van der Waals surface area (Å²) in [4.78, 5) is 19.7. The molecule has 11 heteroatoms. The Morgan fingerprint density at radius 2 is 1.22 bits per heavy atom. The molecule has 0 aromatic heterocycles. The average molecular weight is 428 g/mol. The summed E-state index contributed by atoms with van der Waals surface area (Å²) in [6, 6.07) is 0. The van der Waals surface area contributed by atoms with Crippen LogP contribution < -0.4 is 69.3 Å². The number of aliphatic hydroxyl groups is 1. The Hall–Kier alpha value is 0.810. The summed E-state index contributed by atoms with van der Waals surface area (Å²) < 4.78 is 28.5. The first-order chi connectivity index (χ1) is 11.7. The Balaban J connectivity index is -0.000000183. The van der Waals surface area contributed by atoms with Crippen LogP contribution in [0.4, 0.5) is 0 Å². The smallest absolute Gasteiger partial charge is 0.550 e. The van der Waals surface area contributed by atoms with Crippen molar-refractivity contribution >= 4 is 22.1 Å². The fourth-order valence-corrected chi connectivity index (χ4v) is 2.65. The standard InChI is InChI=1S/C12H26O.C4H6O7S.2Na/c1-2-3-4-5-6-7-8-9-10-11-12-13;5-3(6)1-2(4(7)8)12(9,10)11;;/h13H,2-12H2,1H3;2H,1H2,(H,5,6)(H,7,8)(H,9,10,11);;/q;;2*+1/p-2. The average Bonchev–Trinajstić information content (AvgIpc) is 2.50. The first kappa shape index (κ1) is 35.3. The molecule has 8 nitrogen and oxygen atoms in total. The number of aliphatic hydroxyl groups excluding tert-OH is 1. The number of unbranched alkanes of at least 4 members (excludes halogenated alkanes) is 9. The molecule has 0 amide bonds. The number of aliphatic carboxylic acids is 2. The van der Waals surface area contributed by atoms with Gasteiger partial charge < -0.3 is 24.9 Å². The largest absolute Gasteiger partial charge is 1.00 e. The van der Waals surface area contributed by atoms with Gasteiger partial charge in [0.1, 0.15) is 5.25 Å². The van der Waals surface area contributed by atoms with Gasteiger partial charge in [0.25, 0.3) is 10.1 Å². The quantitative estimate of drug-likeness (QED) is 0.157. The first-order valence-electron chi connectivity index (χ1n) is 8.64. The van der Waals surface area contributed by atoms with E-state index >= 15 is 0 Å². The molecule has 0 aliphatic rings. The van der Waals surface area contributed by atoms with Gasteiger partial charge >= 0.3 is 59.1 Å². The van der Waals surface area contributed by atoms with E-state index in [1.54, 1.807) is 0 Å². The van der Waals surface area contributed by atoms with Crippen LogP contribution in [0.3, 0.4) is 0 Å². The van der Waals surface area contributed by atoms with Crippen LogP contribution in [0, 0.1) is 0 Å². The van der Waals surface area contributed by atoms with Crippen LogP contribution in [-0.2, 0) is 19.7 Å². The molecule has 0 spiro atoms. The van der Waals surface area contributed by atoms with E-state index in [1.165, 1.54) is 57.8 Å². The zero-order valence-electron chi connectivity index (χ0n) is 16.8. The maximum atomic E-state index is 10.2. The van der Waals surface area contributed by atoms with Crippen molar-refractivity contribution in [2.45, 2.75) is 82.8 Å². The van der Waals surface area contributed by atoms with Crippen LogP contribution >= 0.6 is 0 Å². The fourth-order valence-electron chi connectivity index (χ4n) is 2.06. The fraction of sp³-hybridized carbons (Fsp3) is 0.875. The minimum Gasteiger partial charge on any atom is -0.550 e. The van der Waals surface area contributed by atoms with E-state index in [9.17, 15) is 28.2 Å². The Bertz CT molecular complexity index is 447. The van der Waals surface area contributed by atoms with Gasteiger partial charge in [-0.15, -0.1) is 0 Å². The van der Waals surface area contributed by atoms with Crippen molar-refractivity contribution in [1.29, 1.82) is 0 Å². The van der Waals surface area contributed by atoms with Crippen molar-refractivity contribution in [3.05, 3.63) is 0 Å². The molecule has 0 heterocycles. The maximum absolute atomic E-state index is 10.2. The molecule has 0 bridgehead atoms. The molecule has 0 radical (unpaired) electrons. The van der Waals surface area contributed by atoms with Crippen LogP contribution in [0.1, 0.15) is 77.6 Å². The van der Waals surface area contributed by atoms with Gasteiger partial charge in [-0.25, -0.2) is 0 Å². The van der Waals surface area contributed by atoms with Crippen LogP contribution in [0.5, 0.6) is 0 Å². The molecule has 0 aromatic carbocycles. The van der Waals surface area contributed by atoms with Crippen LogP contribution in [0.2, 0.25) is 0 Å². The number of hydrogen-bond acceptors (Lipinski definition) is 7. The van der Waals surface area contributed by atoms with Crippen molar-refractivity contribution in [2.75, 3.05) is 6.61 Å². The van der Waals surface area contributed by atoms with Crippen molar-refractivity contribution in [2.24, 2.45) is 0 Å². The predicted octanol–water partition coefficient (Wildman–Crippen LogP) is -5.96. The van der Waals surface area contributed by atoms with E-state index in [4.69, 9.17) is 9.66 Å². The van der Waals surface area contributed by atoms with E-state index in [0.29, 0.717) is 6.61 Å². The van der Waals surface area contributed by atoms with Gasteiger partial charge in [0.05, 0.1) is 5.97 Å². The summed E-state index contributed by atoms with van der Waals surface area (Å²) in [5.41, 5.74) is 0. The van der Waals surface area contributed by atoms with Crippen molar-refractivity contribution < 1.29 is 97.0 Å². The van der Waals surface area contributed by atoms with E-state index in [1.807, 2.05) is 0 Å². The monoisotopic (exact) mass is 428 g/mol. The minimum absolute atomic E-state index is 0. The Morgan fingerprint density at radius 1 is 0.852 bits per heavy atom. The van der Waals surface area contributed by atoms with Gasteiger partial charge in [-0.3, -0.25) is 4.55 Å². The molecular weight excluding hydrogens is 398 g/mol. The molecule has 150 valence electrons. The Labute approximate surface area is 206 Å². The summed E-state index contributed by atoms with van der Waals surface area (Å²) in [5.74, 6) is -4.08. The molecule has 27 heavy (non-hydrogen) atoms. The van der Waals surface area contributed by atoms with Crippen molar-refractivity contribution in [3.63, 3.8) is 0 Å². The van der Waals surface area contributed by atoms with Gasteiger partial charge in [-0.1, -0.05) is 64.7 Å². The third-order valence-electron chi connectivity index (χ3n) is 3.49. The van der Waals surface area contributed by atoms with Crippen molar-refractivity contribution in [1.82, 2.24) is 0 Å². The number of carbonyl (C=O) groups is 2. The summed E-state index contributed by atoms with van der Waals surface area (Å²) in [7, 11) is -4.94. The second kappa shape index (κ2) is 23.1. The van der Waals surface area contributed by atoms with Gasteiger partial charge in [0.15, 0.2) is 0 Å². The molecule has 0 saturated carbocycles. The molecule has 0 aromatic rings. The third-order valence-corrected chi connectivity index (χ3v) is 4.56. The minimum atomic E-state index is -4.94. The molecule has 1 atom stereocenters.